The van der Waals surface area contributed by atoms with Crippen LogP contribution in [0, 0.1) is 0 Å². The molecule has 0 aromatic heterocycles. The van der Waals surface area contributed by atoms with Crippen molar-refractivity contribution in [1.29, 1.82) is 0 Å². The van der Waals surface area contributed by atoms with E-state index in [2.05, 4.69) is 0 Å². The van der Waals surface area contributed by atoms with Crippen molar-refractivity contribution < 1.29 is 83.8 Å². The van der Waals surface area contributed by atoms with Crippen LogP contribution in [0.5, 0.6) is 0 Å². The van der Waals surface area contributed by atoms with E-state index in [1.807, 2.05) is 9.80 Å². The number of benzene rings is 6. The Bertz CT molecular complexity index is 4280. The number of ether oxygens (including phenoxy) is 1. The van der Waals surface area contributed by atoms with Crippen LogP contribution < -0.4 is 24.1 Å². The molecule has 30 heteroatoms. The summed E-state index contributed by atoms with van der Waals surface area (Å²) in [7, 11) is -10.2. The normalized spacial score (nSPS) is 19.9. The van der Waals surface area contributed by atoms with Gasteiger partial charge in [-0.05, 0) is 129 Å². The number of alkyl halides is 12. The van der Waals surface area contributed by atoms with Gasteiger partial charge in [-0.15, -0.1) is 0 Å². The molecule has 3 fully saturated rings. The number of sulfonamides is 2. The number of hydrogen-bond acceptors (Lipinski definition) is 11. The highest BCUT2D eigenvalue weighted by molar-refractivity contribution is 7.93. The van der Waals surface area contributed by atoms with E-state index in [-0.39, 0.29) is 51.3 Å². The number of nitrogens with zero attached hydrogens (tertiary/aromatic N) is 6. The lowest BCUT2D eigenvalue weighted by Crippen LogP contribution is -2.70. The van der Waals surface area contributed by atoms with Gasteiger partial charge in [0.1, 0.15) is 5.54 Å². The monoisotopic (exact) mass is 1400 g/mol. The van der Waals surface area contributed by atoms with Crippen LogP contribution in [0.2, 0.25) is 10.0 Å². The second-order valence-corrected chi connectivity index (χ2v) is 28.3. The summed E-state index contributed by atoms with van der Waals surface area (Å²) in [6.45, 7) is 0.924. The highest BCUT2D eigenvalue weighted by Crippen LogP contribution is 2.49. The summed E-state index contributed by atoms with van der Waals surface area (Å²) >= 11 is 12.5. The lowest BCUT2D eigenvalue weighted by Gasteiger charge is -2.55. The van der Waals surface area contributed by atoms with Crippen molar-refractivity contribution in [2.24, 2.45) is 5.73 Å². The molecular weight excluding hydrogens is 1340 g/mol. The Morgan fingerprint density at radius 2 is 1.09 bits per heavy atom. The number of halogens is 14. The minimum absolute atomic E-state index is 0.0279. The first-order valence-electron chi connectivity index (χ1n) is 29.3. The van der Waals surface area contributed by atoms with Crippen molar-refractivity contribution >= 4 is 102 Å². The number of carbonyl (C=O) groups is 2. The maximum absolute atomic E-state index is 16.2. The summed E-state index contributed by atoms with van der Waals surface area (Å²) in [5.74, 6) is -1.51. The zero-order chi connectivity index (χ0) is 68.0. The van der Waals surface area contributed by atoms with Gasteiger partial charge in [0.2, 0.25) is 5.91 Å². The van der Waals surface area contributed by atoms with E-state index >= 15 is 21.6 Å². The predicted molar refractivity (Wildman–Crippen MR) is 331 cm³/mol. The van der Waals surface area contributed by atoms with Gasteiger partial charge in [-0.2, -0.15) is 52.7 Å². The second-order valence-electron chi connectivity index (χ2n) is 23.7. The van der Waals surface area contributed by atoms with Crippen molar-refractivity contribution in [3.8, 4) is 0 Å². The molecule has 4 aliphatic heterocycles. The Hall–Kier alpha value is -7.50. The van der Waals surface area contributed by atoms with Crippen LogP contribution >= 0.6 is 23.2 Å². The molecular formula is C64H57Cl2F12N7O7S2. The van der Waals surface area contributed by atoms with Crippen LogP contribution in [0.1, 0.15) is 89.2 Å². The van der Waals surface area contributed by atoms with E-state index < -0.39 is 168 Å². The summed E-state index contributed by atoms with van der Waals surface area (Å²) < 4.78 is 244. The average molecular weight is 1400 g/mol. The SMILES string of the molecule is CC(C)OC(=O)CN1C[C@H]2CN(S(=O)(=O)c3cccc(C(F)(F)F)c3)c3cc(/C=C/c4c(Cl)cccc4C(F)(F)F)ccc3N2CC1c1ccc(S(=O)(=O)N2C[C@@H]3CN(C4(C(N)=O)CCC4)CCN3c3ccc(/C=C/c4c(Cl)cccc4C(F)(F)F)cc32)cc1C(F)(F)F. The van der Waals surface area contributed by atoms with Gasteiger partial charge in [0, 0.05) is 53.9 Å². The van der Waals surface area contributed by atoms with Gasteiger partial charge in [-0.3, -0.25) is 28.0 Å². The number of hydrogen-bond donors (Lipinski definition) is 1. The maximum Gasteiger partial charge on any atom is 0.417 e. The summed E-state index contributed by atoms with van der Waals surface area (Å²) in [5, 5.41) is -0.553. The number of primary amides is 1. The van der Waals surface area contributed by atoms with Gasteiger partial charge in [-0.25, -0.2) is 16.8 Å². The Morgan fingerprint density at radius 1 is 0.574 bits per heavy atom. The van der Waals surface area contributed by atoms with Crippen molar-refractivity contribution in [2.45, 2.75) is 97.4 Å². The van der Waals surface area contributed by atoms with Crippen LogP contribution in [-0.4, -0.2) is 115 Å². The summed E-state index contributed by atoms with van der Waals surface area (Å²) in [6.07, 6.45) is -14.7. The van der Waals surface area contributed by atoms with E-state index in [0.717, 1.165) is 69.3 Å². The molecule has 11 rings (SSSR count). The van der Waals surface area contributed by atoms with E-state index in [0.29, 0.717) is 49.7 Å². The molecule has 2 saturated heterocycles. The number of carbonyl (C=O) groups excluding carboxylic acids is 2. The van der Waals surface area contributed by atoms with Crippen LogP contribution in [0.15, 0.2) is 125 Å². The van der Waals surface area contributed by atoms with Gasteiger partial charge in [0.05, 0.1) is 98.7 Å². The fourth-order valence-electron chi connectivity index (χ4n) is 13.1. The van der Waals surface area contributed by atoms with Gasteiger partial charge in [-0.1, -0.05) is 83.9 Å². The topological polar surface area (TPSA) is 157 Å². The molecule has 6 aromatic rings. The Balaban J connectivity index is 1.02. The number of rotatable bonds is 14. The van der Waals surface area contributed by atoms with Crippen molar-refractivity contribution in [3.05, 3.63) is 175 Å². The first-order valence-corrected chi connectivity index (χ1v) is 32.9. The van der Waals surface area contributed by atoms with Gasteiger partial charge >= 0.3 is 30.7 Å². The first kappa shape index (κ1) is 67.9. The van der Waals surface area contributed by atoms with E-state index in [1.54, 1.807) is 0 Å². The third kappa shape index (κ3) is 13.0. The number of fused-ring (bicyclic) bond motifs is 6. The molecule has 1 saturated carbocycles. The van der Waals surface area contributed by atoms with E-state index in [9.17, 15) is 57.5 Å². The van der Waals surface area contributed by atoms with Crippen molar-refractivity contribution in [2.75, 3.05) is 70.8 Å². The Morgan fingerprint density at radius 3 is 1.57 bits per heavy atom. The summed E-state index contributed by atoms with van der Waals surface area (Å²) in [5.41, 5.74) is -1.35. The average Bonchev–Trinajstić information content (AvgIpc) is 0.733. The van der Waals surface area contributed by atoms with E-state index in [1.165, 1.54) is 84.3 Å². The smallest absolute Gasteiger partial charge is 0.417 e. The Kier molecular flexibility index (Phi) is 18.0. The molecule has 1 unspecified atom stereocenters. The molecule has 3 atom stereocenters. The highest BCUT2D eigenvalue weighted by Gasteiger charge is 2.53. The standard InChI is InChI=1S/C64H57Cl2F12N7O7S2/c1-37(2)92-58(86)36-80-31-41-33-84(93(88,89)43-8-3-7-40(29-43)61(67,68)69)56-28-39(14-19-46-49(63(73,74)75)10-5-12-52(46)66)16-22-54(56)83(41)35-57(80)47-20-17-44(30-50(47)64(76,77)78)94(90,91)85-34-42-32-81(60(59(79)87)23-6-24-60)25-26-82(42)53-21-15-38(27-55(53)85)13-18-45-48(62(70,71)72)9-4-11-51(45)65/h3-5,7-22,27-30,37,41-42,57H,6,23-26,31-36H2,1-2H3,(H2,79,87)/b18-13+,19-14+/t41-,42-,57?/m0/s1. The molecule has 1 aliphatic carbocycles. The first-order chi connectivity index (χ1) is 44.0. The molecule has 1 amide bonds. The Labute approximate surface area is 542 Å². The van der Waals surface area contributed by atoms with E-state index in [4.69, 9.17) is 33.7 Å². The van der Waals surface area contributed by atoms with Gasteiger partial charge in [0.15, 0.2) is 0 Å². The number of piperazine rings is 2. The molecule has 14 nitrogen and oxygen atoms in total. The van der Waals surface area contributed by atoms with Crippen LogP contribution in [0.4, 0.5) is 75.4 Å². The lowest BCUT2D eigenvalue weighted by molar-refractivity contribution is -0.150. The zero-order valence-electron chi connectivity index (χ0n) is 49.6. The number of amides is 1. The fraction of sp³-hybridized carbons (Fsp3) is 0.344. The summed E-state index contributed by atoms with van der Waals surface area (Å²) in [6, 6.07) is 16.4. The molecule has 0 radical (unpaired) electrons. The summed E-state index contributed by atoms with van der Waals surface area (Å²) in [4.78, 5) is 31.6. The van der Waals surface area contributed by atoms with Crippen LogP contribution in [0.3, 0.4) is 0 Å². The van der Waals surface area contributed by atoms with Crippen molar-refractivity contribution in [3.63, 3.8) is 0 Å². The molecule has 94 heavy (non-hydrogen) atoms. The minimum atomic E-state index is -5.37. The molecule has 0 spiro atoms. The third-order valence-electron chi connectivity index (χ3n) is 17.7. The predicted octanol–water partition coefficient (Wildman–Crippen LogP) is 13.9. The molecule has 4 heterocycles. The molecule has 0 bridgehead atoms. The van der Waals surface area contributed by atoms with Gasteiger partial charge in [0.25, 0.3) is 20.0 Å². The minimum Gasteiger partial charge on any atom is -0.462 e. The number of anilines is 4. The van der Waals surface area contributed by atoms with Crippen LogP contribution in [-0.2, 0) is 59.1 Å². The highest BCUT2D eigenvalue weighted by atomic mass is 35.5. The second kappa shape index (κ2) is 24.9. The molecule has 500 valence electrons. The number of esters is 1. The third-order valence-corrected chi connectivity index (χ3v) is 21.9. The largest absolute Gasteiger partial charge is 0.462 e. The molecule has 6 aromatic carbocycles. The molecule has 2 N–H and O–H groups in total. The lowest BCUT2D eigenvalue weighted by atomic mass is 9.74. The quantitative estimate of drug-likeness (QED) is 0.0629. The molecule has 5 aliphatic rings. The zero-order valence-corrected chi connectivity index (χ0v) is 52.7. The van der Waals surface area contributed by atoms with Crippen molar-refractivity contribution in [1.82, 2.24) is 9.80 Å². The van der Waals surface area contributed by atoms with Gasteiger partial charge < -0.3 is 20.3 Å². The fourth-order valence-corrected chi connectivity index (χ4v) is 16.6. The maximum atomic E-state index is 16.2. The van der Waals surface area contributed by atoms with Crippen LogP contribution in [0.25, 0.3) is 24.3 Å². The number of nitrogens with two attached hydrogens (primary N) is 1.